The van der Waals surface area contributed by atoms with Crippen molar-refractivity contribution in [3.05, 3.63) is 70.2 Å². The van der Waals surface area contributed by atoms with Gasteiger partial charge in [0.25, 0.3) is 0 Å². The number of halogens is 1. The molecule has 1 amide bonds. The quantitative estimate of drug-likeness (QED) is 0.831. The number of rotatable bonds is 6. The lowest BCUT2D eigenvalue weighted by Crippen LogP contribution is -2.43. The van der Waals surface area contributed by atoms with Gasteiger partial charge >= 0.3 is 5.97 Å². The first kappa shape index (κ1) is 16.2. The Hall–Kier alpha value is -2.14. The van der Waals surface area contributed by atoms with E-state index in [-0.39, 0.29) is 18.7 Å². The number of carbonyl (C=O) groups is 2. The first-order chi connectivity index (χ1) is 10.5. The monoisotopic (exact) mass is 361 g/mol. The maximum atomic E-state index is 12.0. The molecule has 1 atom stereocenters. The van der Waals surface area contributed by atoms with Gasteiger partial charge < -0.3 is 10.4 Å². The molecule has 2 rings (SSSR count). The van der Waals surface area contributed by atoms with Crippen molar-refractivity contribution in [2.75, 3.05) is 0 Å². The molecule has 0 aliphatic heterocycles. The van der Waals surface area contributed by atoms with Gasteiger partial charge in [0.2, 0.25) is 5.91 Å². The number of amides is 1. The zero-order valence-electron chi connectivity index (χ0n) is 11.8. The summed E-state index contributed by atoms with van der Waals surface area (Å²) >= 11 is 3.35. The van der Waals surface area contributed by atoms with Crippen LogP contribution in [0.1, 0.15) is 11.1 Å². The first-order valence-electron chi connectivity index (χ1n) is 6.85. The van der Waals surface area contributed by atoms with Crippen LogP contribution < -0.4 is 5.32 Å². The highest BCUT2D eigenvalue weighted by atomic mass is 79.9. The van der Waals surface area contributed by atoms with Crippen LogP contribution in [0.5, 0.6) is 0 Å². The van der Waals surface area contributed by atoms with Gasteiger partial charge in [-0.2, -0.15) is 0 Å². The minimum absolute atomic E-state index is 0.170. The molecule has 2 aromatic rings. The molecule has 2 aromatic carbocycles. The molecule has 0 spiro atoms. The van der Waals surface area contributed by atoms with Crippen molar-refractivity contribution in [3.8, 4) is 0 Å². The highest BCUT2D eigenvalue weighted by Crippen LogP contribution is 2.13. The van der Waals surface area contributed by atoms with Crippen LogP contribution in [0.15, 0.2) is 59.1 Å². The van der Waals surface area contributed by atoms with Crippen LogP contribution in [0, 0.1) is 0 Å². The molecule has 0 saturated carbocycles. The lowest BCUT2D eigenvalue weighted by atomic mass is 10.1. The van der Waals surface area contributed by atoms with Crippen molar-refractivity contribution in [1.82, 2.24) is 5.32 Å². The minimum Gasteiger partial charge on any atom is -0.480 e. The molecular weight excluding hydrogens is 346 g/mol. The van der Waals surface area contributed by atoms with Gasteiger partial charge in [-0.05, 0) is 23.3 Å². The molecule has 0 heterocycles. The molecule has 0 unspecified atom stereocenters. The topological polar surface area (TPSA) is 66.4 Å². The molecule has 0 aromatic heterocycles. The van der Waals surface area contributed by atoms with Crippen LogP contribution in [-0.2, 0) is 22.4 Å². The smallest absolute Gasteiger partial charge is 0.326 e. The van der Waals surface area contributed by atoms with Gasteiger partial charge in [-0.1, -0.05) is 58.4 Å². The van der Waals surface area contributed by atoms with Crippen LogP contribution in [0.25, 0.3) is 0 Å². The van der Waals surface area contributed by atoms with Crippen molar-refractivity contribution in [1.29, 1.82) is 0 Å². The van der Waals surface area contributed by atoms with Gasteiger partial charge in [0.05, 0.1) is 6.42 Å². The number of hydrogen-bond donors (Lipinski definition) is 2. The van der Waals surface area contributed by atoms with Gasteiger partial charge in [-0.15, -0.1) is 0 Å². The summed E-state index contributed by atoms with van der Waals surface area (Å²) in [5, 5.41) is 11.9. The Balaban J connectivity index is 1.99. The molecule has 0 saturated heterocycles. The Morgan fingerprint density at radius 1 is 1.05 bits per heavy atom. The Morgan fingerprint density at radius 2 is 1.73 bits per heavy atom. The molecule has 114 valence electrons. The van der Waals surface area contributed by atoms with Crippen molar-refractivity contribution in [2.45, 2.75) is 18.9 Å². The standard InChI is InChI=1S/C17H16BrNO3/c18-14-8-4-7-13(9-14)10-15(17(21)22)19-16(20)11-12-5-2-1-3-6-12/h1-9,15H,10-11H2,(H,19,20)(H,21,22)/t15-/m0/s1. The third kappa shape index (κ3) is 5.00. The summed E-state index contributed by atoms with van der Waals surface area (Å²) < 4.78 is 0.879. The molecule has 5 heteroatoms. The highest BCUT2D eigenvalue weighted by Gasteiger charge is 2.20. The largest absolute Gasteiger partial charge is 0.480 e. The van der Waals surface area contributed by atoms with Gasteiger partial charge in [-0.3, -0.25) is 4.79 Å². The van der Waals surface area contributed by atoms with E-state index in [1.54, 1.807) is 0 Å². The second kappa shape index (κ2) is 7.75. The number of carboxylic acids is 1. The van der Waals surface area contributed by atoms with Crippen molar-refractivity contribution in [3.63, 3.8) is 0 Å². The molecule has 22 heavy (non-hydrogen) atoms. The van der Waals surface area contributed by atoms with E-state index >= 15 is 0 Å². The minimum atomic E-state index is -1.04. The Morgan fingerprint density at radius 3 is 2.36 bits per heavy atom. The van der Waals surface area contributed by atoms with E-state index in [0.717, 1.165) is 15.6 Å². The van der Waals surface area contributed by atoms with Crippen LogP contribution in [0.3, 0.4) is 0 Å². The molecule has 0 bridgehead atoms. The lowest BCUT2D eigenvalue weighted by Gasteiger charge is -2.15. The fourth-order valence-electron chi connectivity index (χ4n) is 2.13. The Bertz CT molecular complexity index is 658. The summed E-state index contributed by atoms with van der Waals surface area (Å²) in [5.74, 6) is -1.34. The predicted molar refractivity (Wildman–Crippen MR) is 87.6 cm³/mol. The fraction of sp³-hybridized carbons (Fsp3) is 0.176. The normalized spacial score (nSPS) is 11.7. The van der Waals surface area contributed by atoms with Crippen molar-refractivity contribution >= 4 is 27.8 Å². The summed E-state index contributed by atoms with van der Waals surface area (Å²) in [7, 11) is 0. The lowest BCUT2D eigenvalue weighted by molar-refractivity contribution is -0.141. The Kier molecular flexibility index (Phi) is 5.72. The summed E-state index contributed by atoms with van der Waals surface area (Å²) in [6.45, 7) is 0. The summed E-state index contributed by atoms with van der Waals surface area (Å²) in [6.07, 6.45) is 0.415. The highest BCUT2D eigenvalue weighted by molar-refractivity contribution is 9.10. The van der Waals surface area contributed by atoms with Crippen LogP contribution in [0.4, 0.5) is 0 Å². The van der Waals surface area contributed by atoms with E-state index in [4.69, 9.17) is 0 Å². The van der Waals surface area contributed by atoms with Gasteiger partial charge in [0, 0.05) is 10.9 Å². The van der Waals surface area contributed by atoms with E-state index in [1.807, 2.05) is 54.6 Å². The van der Waals surface area contributed by atoms with Gasteiger partial charge in [0.1, 0.15) is 6.04 Å². The second-order valence-corrected chi connectivity index (χ2v) is 5.87. The van der Waals surface area contributed by atoms with E-state index < -0.39 is 12.0 Å². The molecule has 0 aliphatic rings. The number of nitrogens with one attached hydrogen (secondary N) is 1. The van der Waals surface area contributed by atoms with Crippen LogP contribution in [0.2, 0.25) is 0 Å². The van der Waals surface area contributed by atoms with Gasteiger partial charge in [-0.25, -0.2) is 4.79 Å². The summed E-state index contributed by atoms with van der Waals surface area (Å²) in [4.78, 5) is 23.4. The molecule has 0 radical (unpaired) electrons. The molecular formula is C17H16BrNO3. The third-order valence-electron chi connectivity index (χ3n) is 3.17. The average molecular weight is 362 g/mol. The van der Waals surface area contributed by atoms with Crippen molar-refractivity contribution in [2.24, 2.45) is 0 Å². The number of carbonyl (C=O) groups excluding carboxylic acids is 1. The second-order valence-electron chi connectivity index (χ2n) is 4.95. The van der Waals surface area contributed by atoms with Crippen LogP contribution in [-0.4, -0.2) is 23.0 Å². The number of hydrogen-bond acceptors (Lipinski definition) is 2. The molecule has 0 aliphatic carbocycles. The van der Waals surface area contributed by atoms with E-state index in [1.165, 1.54) is 0 Å². The zero-order valence-corrected chi connectivity index (χ0v) is 13.4. The van der Waals surface area contributed by atoms with E-state index in [2.05, 4.69) is 21.2 Å². The summed E-state index contributed by atoms with van der Waals surface area (Å²) in [5.41, 5.74) is 1.70. The third-order valence-corrected chi connectivity index (χ3v) is 3.66. The first-order valence-corrected chi connectivity index (χ1v) is 7.64. The molecule has 2 N–H and O–H groups in total. The van der Waals surface area contributed by atoms with Crippen molar-refractivity contribution < 1.29 is 14.7 Å². The van der Waals surface area contributed by atoms with E-state index in [9.17, 15) is 14.7 Å². The number of aliphatic carboxylic acids is 1. The Labute approximate surface area is 137 Å². The van der Waals surface area contributed by atoms with Crippen LogP contribution >= 0.6 is 15.9 Å². The average Bonchev–Trinajstić information content (AvgIpc) is 2.47. The van der Waals surface area contributed by atoms with E-state index in [0.29, 0.717) is 0 Å². The fourth-order valence-corrected chi connectivity index (χ4v) is 2.57. The molecule has 0 fully saturated rings. The SMILES string of the molecule is O=C(Cc1ccccc1)N[C@@H](Cc1cccc(Br)c1)C(=O)O. The number of carboxylic acid groups (broad SMARTS) is 1. The van der Waals surface area contributed by atoms with Gasteiger partial charge in [0.15, 0.2) is 0 Å². The number of benzene rings is 2. The maximum Gasteiger partial charge on any atom is 0.326 e. The molecule has 4 nitrogen and oxygen atoms in total. The predicted octanol–water partition coefficient (Wildman–Crippen LogP) is 2.80. The zero-order chi connectivity index (χ0) is 15.9. The summed E-state index contributed by atoms with van der Waals surface area (Å²) in [6, 6.07) is 15.7. The maximum absolute atomic E-state index is 12.0.